The van der Waals surface area contributed by atoms with E-state index in [-0.39, 0.29) is 0 Å². The van der Waals surface area contributed by atoms with E-state index in [4.69, 9.17) is 0 Å². The molecule has 94 valence electrons. The van der Waals surface area contributed by atoms with Crippen LogP contribution in [0.2, 0.25) is 0 Å². The monoisotopic (exact) mass is 222 g/mol. The molecule has 0 aliphatic heterocycles. The third-order valence-corrected chi connectivity index (χ3v) is 6.14. The molecule has 2 aliphatic carbocycles. The molecule has 0 spiro atoms. The fourth-order valence-corrected chi connectivity index (χ4v) is 4.78. The van der Waals surface area contributed by atoms with E-state index in [1.165, 1.54) is 38.5 Å². The van der Waals surface area contributed by atoms with Gasteiger partial charge < -0.3 is 0 Å². The van der Waals surface area contributed by atoms with E-state index in [0.717, 1.165) is 17.8 Å². The normalized spacial score (nSPS) is 50.8. The molecule has 0 bridgehead atoms. The van der Waals surface area contributed by atoms with Crippen LogP contribution in [0.5, 0.6) is 0 Å². The minimum Gasteiger partial charge on any atom is -0.0625 e. The first-order valence-corrected chi connectivity index (χ1v) is 7.36. The van der Waals surface area contributed by atoms with Gasteiger partial charge in [0.15, 0.2) is 0 Å². The molecule has 4 atom stereocenters. The van der Waals surface area contributed by atoms with Crippen LogP contribution < -0.4 is 0 Å². The quantitative estimate of drug-likeness (QED) is 0.596. The maximum atomic E-state index is 2.56. The first-order valence-electron chi connectivity index (χ1n) is 7.36. The van der Waals surface area contributed by atoms with E-state index in [0.29, 0.717) is 10.8 Å². The summed E-state index contributed by atoms with van der Waals surface area (Å²) in [5, 5.41) is 0. The zero-order valence-corrected chi connectivity index (χ0v) is 12.0. The van der Waals surface area contributed by atoms with Crippen molar-refractivity contribution in [2.24, 2.45) is 28.6 Å². The molecule has 0 amide bonds. The minimum atomic E-state index is 0.637. The highest BCUT2D eigenvalue weighted by molar-refractivity contribution is 4.98. The summed E-state index contributed by atoms with van der Waals surface area (Å²) >= 11 is 0. The zero-order valence-electron chi connectivity index (χ0n) is 12.0. The fourth-order valence-electron chi connectivity index (χ4n) is 4.78. The summed E-state index contributed by atoms with van der Waals surface area (Å²) in [5.74, 6) is 2.85. The molecule has 2 aliphatic rings. The van der Waals surface area contributed by atoms with Gasteiger partial charge in [0.2, 0.25) is 0 Å². The Labute approximate surface area is 102 Å². The van der Waals surface area contributed by atoms with Gasteiger partial charge in [-0.1, -0.05) is 47.5 Å². The Balaban J connectivity index is 2.09. The minimum absolute atomic E-state index is 0.637. The Kier molecular flexibility index (Phi) is 3.14. The van der Waals surface area contributed by atoms with E-state index in [1.807, 2.05) is 0 Å². The van der Waals surface area contributed by atoms with Crippen LogP contribution in [0.15, 0.2) is 0 Å². The lowest BCUT2D eigenvalue weighted by molar-refractivity contribution is 0.0630. The Morgan fingerprint density at radius 2 is 1.25 bits per heavy atom. The van der Waals surface area contributed by atoms with E-state index in [1.54, 1.807) is 0 Å². The van der Waals surface area contributed by atoms with Crippen molar-refractivity contribution in [3.63, 3.8) is 0 Å². The molecule has 2 saturated carbocycles. The van der Waals surface area contributed by atoms with Crippen molar-refractivity contribution in [3.05, 3.63) is 0 Å². The number of hydrogen-bond donors (Lipinski definition) is 0. The highest BCUT2D eigenvalue weighted by Gasteiger charge is 2.48. The van der Waals surface area contributed by atoms with Gasteiger partial charge in [-0.05, 0) is 54.3 Å². The first-order chi connectivity index (χ1) is 7.36. The maximum absolute atomic E-state index is 2.56. The van der Waals surface area contributed by atoms with Gasteiger partial charge in [-0.2, -0.15) is 0 Å². The molecule has 16 heavy (non-hydrogen) atoms. The molecule has 0 aromatic carbocycles. The van der Waals surface area contributed by atoms with Crippen molar-refractivity contribution < 1.29 is 0 Å². The van der Waals surface area contributed by atoms with E-state index < -0.39 is 0 Å². The van der Waals surface area contributed by atoms with Crippen LogP contribution in [0.1, 0.15) is 73.1 Å². The lowest BCUT2D eigenvalue weighted by Gasteiger charge is -2.43. The van der Waals surface area contributed by atoms with Gasteiger partial charge in [0.1, 0.15) is 0 Å². The predicted octanol–water partition coefficient (Wildman–Crippen LogP) is 5.28. The van der Waals surface area contributed by atoms with E-state index in [9.17, 15) is 0 Å². The Hall–Kier alpha value is 0. The standard InChI is InChI=1S/C16H30/c1-12-6-8-15(4,10-12)14(3)16(5)9-7-13(2)11-16/h12-14H,6-11H2,1-5H3. The molecule has 2 rings (SSSR count). The molecular weight excluding hydrogens is 192 g/mol. The second kappa shape index (κ2) is 4.03. The molecule has 0 aromatic heterocycles. The largest absolute Gasteiger partial charge is 0.0625 e. The molecule has 4 unspecified atom stereocenters. The molecular formula is C16H30. The topological polar surface area (TPSA) is 0 Å². The molecule has 2 fully saturated rings. The second-order valence-corrected chi connectivity index (χ2v) is 7.73. The molecule has 0 heteroatoms. The van der Waals surface area contributed by atoms with Gasteiger partial charge in [0, 0.05) is 0 Å². The lowest BCUT2D eigenvalue weighted by Crippen LogP contribution is -2.35. The summed E-state index contributed by atoms with van der Waals surface area (Å²) in [6.07, 6.45) is 8.81. The highest BCUT2D eigenvalue weighted by Crippen LogP contribution is 2.57. The van der Waals surface area contributed by atoms with Crippen molar-refractivity contribution in [1.82, 2.24) is 0 Å². The average Bonchev–Trinajstić information content (AvgIpc) is 2.72. The van der Waals surface area contributed by atoms with Crippen molar-refractivity contribution in [3.8, 4) is 0 Å². The highest BCUT2D eigenvalue weighted by atomic mass is 14.5. The predicted molar refractivity (Wildman–Crippen MR) is 71.4 cm³/mol. The van der Waals surface area contributed by atoms with Crippen molar-refractivity contribution in [2.45, 2.75) is 73.1 Å². The third-order valence-electron chi connectivity index (χ3n) is 6.14. The molecule has 0 aromatic rings. The van der Waals surface area contributed by atoms with Gasteiger partial charge >= 0.3 is 0 Å². The Morgan fingerprint density at radius 1 is 0.875 bits per heavy atom. The molecule has 0 saturated heterocycles. The number of rotatable bonds is 2. The molecule has 0 nitrogen and oxygen atoms in total. The number of hydrogen-bond acceptors (Lipinski definition) is 0. The van der Waals surface area contributed by atoms with Crippen LogP contribution >= 0.6 is 0 Å². The van der Waals surface area contributed by atoms with Crippen molar-refractivity contribution >= 4 is 0 Å². The lowest BCUT2D eigenvalue weighted by atomic mass is 9.62. The Morgan fingerprint density at radius 3 is 1.50 bits per heavy atom. The fraction of sp³-hybridized carbons (Fsp3) is 1.00. The summed E-state index contributed by atoms with van der Waals surface area (Å²) in [4.78, 5) is 0. The van der Waals surface area contributed by atoms with Crippen molar-refractivity contribution in [1.29, 1.82) is 0 Å². The van der Waals surface area contributed by atoms with Crippen molar-refractivity contribution in [2.75, 3.05) is 0 Å². The maximum Gasteiger partial charge on any atom is -0.0292 e. The summed E-state index contributed by atoms with van der Waals surface area (Å²) in [6.45, 7) is 12.6. The first kappa shape index (κ1) is 12.5. The molecule has 0 N–H and O–H groups in total. The van der Waals surface area contributed by atoms with Crippen LogP contribution in [0, 0.1) is 28.6 Å². The third kappa shape index (κ3) is 2.05. The van der Waals surface area contributed by atoms with Gasteiger partial charge in [-0.25, -0.2) is 0 Å². The Bertz CT molecular complexity index is 231. The average molecular weight is 222 g/mol. The summed E-state index contributed by atoms with van der Waals surface area (Å²) in [7, 11) is 0. The van der Waals surface area contributed by atoms with Gasteiger partial charge in [0.25, 0.3) is 0 Å². The smallest absolute Gasteiger partial charge is 0.0292 e. The van der Waals surface area contributed by atoms with E-state index >= 15 is 0 Å². The van der Waals surface area contributed by atoms with Crippen LogP contribution in [0.25, 0.3) is 0 Å². The van der Waals surface area contributed by atoms with Crippen LogP contribution in [0.3, 0.4) is 0 Å². The SMILES string of the molecule is CC1CCC(C)(C(C)C2(C)CCC(C)C2)C1. The van der Waals surface area contributed by atoms with E-state index in [2.05, 4.69) is 34.6 Å². The van der Waals surface area contributed by atoms with Crippen LogP contribution in [-0.2, 0) is 0 Å². The summed E-state index contributed by atoms with van der Waals surface area (Å²) < 4.78 is 0. The molecule has 0 radical (unpaired) electrons. The molecule has 0 heterocycles. The van der Waals surface area contributed by atoms with Gasteiger partial charge in [-0.3, -0.25) is 0 Å². The van der Waals surface area contributed by atoms with Crippen LogP contribution in [-0.4, -0.2) is 0 Å². The summed E-state index contributed by atoms with van der Waals surface area (Å²) in [6, 6.07) is 0. The zero-order chi connectivity index (χ0) is 12.0. The van der Waals surface area contributed by atoms with Gasteiger partial charge in [0.05, 0.1) is 0 Å². The summed E-state index contributed by atoms with van der Waals surface area (Å²) in [5.41, 5.74) is 1.27. The second-order valence-electron chi connectivity index (χ2n) is 7.73. The van der Waals surface area contributed by atoms with Crippen LogP contribution in [0.4, 0.5) is 0 Å². The van der Waals surface area contributed by atoms with Gasteiger partial charge in [-0.15, -0.1) is 0 Å².